The number of carbonyl (C=O) groups is 2. The van der Waals surface area contributed by atoms with E-state index in [1.54, 1.807) is 12.1 Å². The van der Waals surface area contributed by atoms with Gasteiger partial charge >= 0.3 is 5.97 Å². The first-order valence-electron chi connectivity index (χ1n) is 6.89. The van der Waals surface area contributed by atoms with Crippen LogP contribution in [0.5, 0.6) is 11.5 Å². The number of hydrogen-bond acceptors (Lipinski definition) is 6. The van der Waals surface area contributed by atoms with Crippen LogP contribution in [0.2, 0.25) is 5.02 Å². The van der Waals surface area contributed by atoms with Gasteiger partial charge in [0.05, 0.1) is 24.9 Å². The average Bonchev–Trinajstić information content (AvgIpc) is 2.99. The minimum atomic E-state index is -0.539. The van der Waals surface area contributed by atoms with Crippen LogP contribution in [0, 0.1) is 6.92 Å². The molecule has 0 fully saturated rings. The van der Waals surface area contributed by atoms with Gasteiger partial charge in [-0.2, -0.15) is 0 Å². The summed E-state index contributed by atoms with van der Waals surface area (Å²) in [5.74, 6) is -0.241. The van der Waals surface area contributed by atoms with E-state index < -0.39 is 18.5 Å². The quantitative estimate of drug-likeness (QED) is 0.788. The molecule has 0 aliphatic rings. The van der Waals surface area contributed by atoms with E-state index >= 15 is 0 Å². The second-order valence-electron chi connectivity index (χ2n) is 4.72. The van der Waals surface area contributed by atoms with E-state index in [-0.39, 0.29) is 0 Å². The fourth-order valence-corrected chi connectivity index (χ4v) is 2.89. The van der Waals surface area contributed by atoms with Crippen LogP contribution in [-0.4, -0.2) is 32.7 Å². The normalized spacial score (nSPS) is 10.2. The number of methoxy groups -OCH3 is 2. The molecule has 1 aromatic carbocycles. The number of amides is 1. The van der Waals surface area contributed by atoms with E-state index in [1.807, 2.05) is 13.0 Å². The smallest absolute Gasteiger partial charge is 0.348 e. The summed E-state index contributed by atoms with van der Waals surface area (Å²) in [7, 11) is 2.93. The van der Waals surface area contributed by atoms with Gasteiger partial charge in [-0.1, -0.05) is 11.6 Å². The van der Waals surface area contributed by atoms with Crippen LogP contribution in [0.25, 0.3) is 0 Å². The molecular formula is C16H16ClNO5S. The largest absolute Gasteiger partial charge is 0.495 e. The second kappa shape index (κ2) is 8.03. The monoisotopic (exact) mass is 369 g/mol. The molecule has 2 rings (SSSR count). The van der Waals surface area contributed by atoms with Gasteiger partial charge in [-0.25, -0.2) is 4.79 Å². The molecule has 1 N–H and O–H groups in total. The highest BCUT2D eigenvalue weighted by molar-refractivity contribution is 7.13. The van der Waals surface area contributed by atoms with Crippen LogP contribution in [0.3, 0.4) is 0 Å². The summed E-state index contributed by atoms with van der Waals surface area (Å²) in [4.78, 5) is 25.2. The molecule has 1 amide bonds. The van der Waals surface area contributed by atoms with Crippen molar-refractivity contribution >= 4 is 40.5 Å². The molecule has 0 aliphatic carbocycles. The Kier molecular flexibility index (Phi) is 6.05. The van der Waals surface area contributed by atoms with Crippen molar-refractivity contribution in [2.45, 2.75) is 6.92 Å². The van der Waals surface area contributed by atoms with Crippen molar-refractivity contribution in [2.75, 3.05) is 26.1 Å². The highest BCUT2D eigenvalue weighted by atomic mass is 35.5. The Bertz CT molecular complexity index is 759. The fraction of sp³-hybridized carbons (Fsp3) is 0.250. The summed E-state index contributed by atoms with van der Waals surface area (Å²) in [5.41, 5.74) is 0.358. The predicted molar refractivity (Wildman–Crippen MR) is 92.5 cm³/mol. The van der Waals surface area contributed by atoms with E-state index in [9.17, 15) is 9.59 Å². The molecule has 0 atom stereocenters. The highest BCUT2D eigenvalue weighted by Crippen LogP contribution is 2.35. The SMILES string of the molecule is COc1cc(OC)c(NC(=O)COC(=O)c2ccc(C)s2)cc1Cl. The van der Waals surface area contributed by atoms with Gasteiger partial charge in [0.1, 0.15) is 16.4 Å². The molecule has 8 heteroatoms. The third-order valence-electron chi connectivity index (χ3n) is 3.02. The van der Waals surface area contributed by atoms with Crippen LogP contribution in [0.15, 0.2) is 24.3 Å². The number of carbonyl (C=O) groups excluding carboxylic acids is 2. The molecule has 0 aliphatic heterocycles. The van der Waals surface area contributed by atoms with Crippen molar-refractivity contribution in [3.63, 3.8) is 0 Å². The topological polar surface area (TPSA) is 73.9 Å². The number of rotatable bonds is 6. The standard InChI is InChI=1S/C16H16ClNO5S/c1-9-4-5-14(24-9)16(20)23-8-15(19)18-11-6-10(17)12(21-2)7-13(11)22-3/h4-7H,8H2,1-3H3,(H,18,19). The van der Waals surface area contributed by atoms with E-state index in [0.717, 1.165) is 4.88 Å². The van der Waals surface area contributed by atoms with E-state index in [2.05, 4.69) is 5.32 Å². The molecule has 1 heterocycles. The molecule has 0 bridgehead atoms. The number of aryl methyl sites for hydroxylation is 1. The maximum absolute atomic E-state index is 12.0. The van der Waals surface area contributed by atoms with Gasteiger partial charge in [-0.15, -0.1) is 11.3 Å². The number of benzene rings is 1. The number of ether oxygens (including phenoxy) is 3. The van der Waals surface area contributed by atoms with Crippen LogP contribution in [0.1, 0.15) is 14.5 Å². The van der Waals surface area contributed by atoms with Crippen molar-refractivity contribution < 1.29 is 23.8 Å². The third-order valence-corrected chi connectivity index (χ3v) is 4.30. The molecule has 0 saturated carbocycles. The average molecular weight is 370 g/mol. The van der Waals surface area contributed by atoms with Gasteiger partial charge in [0, 0.05) is 10.9 Å². The molecule has 128 valence electrons. The van der Waals surface area contributed by atoms with Crippen LogP contribution < -0.4 is 14.8 Å². The molecule has 6 nitrogen and oxygen atoms in total. The van der Waals surface area contributed by atoms with Crippen LogP contribution in [-0.2, 0) is 9.53 Å². The summed E-state index contributed by atoms with van der Waals surface area (Å²) in [5, 5.41) is 2.91. The van der Waals surface area contributed by atoms with E-state index in [0.29, 0.717) is 27.1 Å². The van der Waals surface area contributed by atoms with E-state index in [4.69, 9.17) is 25.8 Å². The summed E-state index contributed by atoms with van der Waals surface area (Å²) in [6.07, 6.45) is 0. The number of hydrogen-bond donors (Lipinski definition) is 1. The molecule has 1 aromatic heterocycles. The Balaban J connectivity index is 1.99. The number of nitrogens with one attached hydrogen (secondary N) is 1. The molecule has 24 heavy (non-hydrogen) atoms. The maximum Gasteiger partial charge on any atom is 0.348 e. The number of thiophene rings is 1. The molecule has 0 unspecified atom stereocenters. The Morgan fingerprint density at radius 3 is 2.46 bits per heavy atom. The van der Waals surface area contributed by atoms with Crippen molar-refractivity contribution in [3.8, 4) is 11.5 Å². The lowest BCUT2D eigenvalue weighted by molar-refractivity contribution is -0.119. The zero-order valence-corrected chi connectivity index (χ0v) is 14.9. The summed E-state index contributed by atoms with van der Waals surface area (Å²) in [6, 6.07) is 6.53. The second-order valence-corrected chi connectivity index (χ2v) is 6.42. The first-order valence-corrected chi connectivity index (χ1v) is 8.09. The van der Waals surface area contributed by atoms with Gasteiger partial charge in [-0.05, 0) is 25.1 Å². The minimum absolute atomic E-state index is 0.319. The van der Waals surface area contributed by atoms with Gasteiger partial charge in [0.15, 0.2) is 6.61 Å². The van der Waals surface area contributed by atoms with E-state index in [1.165, 1.54) is 31.6 Å². The van der Waals surface area contributed by atoms with Crippen molar-refractivity contribution in [1.29, 1.82) is 0 Å². The third kappa shape index (κ3) is 4.39. The maximum atomic E-state index is 12.0. The summed E-state index contributed by atoms with van der Waals surface area (Å²) in [6.45, 7) is 1.47. The fourth-order valence-electron chi connectivity index (χ4n) is 1.89. The van der Waals surface area contributed by atoms with Crippen LogP contribution >= 0.6 is 22.9 Å². The predicted octanol–water partition coefficient (Wildman–Crippen LogP) is 3.52. The molecular weight excluding hydrogens is 354 g/mol. The minimum Gasteiger partial charge on any atom is -0.495 e. The first kappa shape index (κ1) is 18.1. The summed E-state index contributed by atoms with van der Waals surface area (Å²) < 4.78 is 15.3. The van der Waals surface area contributed by atoms with Gasteiger partial charge < -0.3 is 19.5 Å². The Hall–Kier alpha value is -2.25. The Labute approximate surface area is 148 Å². The zero-order valence-electron chi connectivity index (χ0n) is 13.3. The number of halogens is 1. The zero-order chi connectivity index (χ0) is 17.7. The van der Waals surface area contributed by atoms with Crippen molar-refractivity contribution in [1.82, 2.24) is 0 Å². The molecule has 0 spiro atoms. The Morgan fingerprint density at radius 2 is 1.88 bits per heavy atom. The summed E-state index contributed by atoms with van der Waals surface area (Å²) >= 11 is 7.34. The Morgan fingerprint density at radius 1 is 1.17 bits per heavy atom. The van der Waals surface area contributed by atoms with Crippen molar-refractivity contribution in [2.24, 2.45) is 0 Å². The van der Waals surface area contributed by atoms with Crippen LogP contribution in [0.4, 0.5) is 5.69 Å². The molecule has 2 aromatic rings. The lowest BCUT2D eigenvalue weighted by atomic mass is 10.2. The molecule has 0 saturated heterocycles. The van der Waals surface area contributed by atoms with Gasteiger partial charge in [0.2, 0.25) is 0 Å². The lowest BCUT2D eigenvalue weighted by Gasteiger charge is -2.13. The first-order chi connectivity index (χ1) is 11.4. The molecule has 0 radical (unpaired) electrons. The van der Waals surface area contributed by atoms with Crippen molar-refractivity contribution in [3.05, 3.63) is 39.0 Å². The number of anilines is 1. The highest BCUT2D eigenvalue weighted by Gasteiger charge is 2.15. The lowest BCUT2D eigenvalue weighted by Crippen LogP contribution is -2.21. The van der Waals surface area contributed by atoms with Gasteiger partial charge in [-0.3, -0.25) is 4.79 Å². The number of esters is 1. The van der Waals surface area contributed by atoms with Gasteiger partial charge in [0.25, 0.3) is 5.91 Å².